The zero-order valence-electron chi connectivity index (χ0n) is 21.1. The molecule has 0 unspecified atom stereocenters. The van der Waals surface area contributed by atoms with E-state index in [1.54, 1.807) is 26.8 Å². The Balaban J connectivity index is 1.69. The molecule has 0 aliphatic heterocycles. The summed E-state index contributed by atoms with van der Waals surface area (Å²) in [6.45, 7) is 9.61. The minimum absolute atomic E-state index is 0.00970. The Morgan fingerprint density at radius 3 is 2.62 bits per heavy atom. The number of aromatic nitrogens is 3. The number of benzene rings is 1. The maximum Gasteiger partial charge on any atom is 0.341 e. The third-order valence-corrected chi connectivity index (χ3v) is 7.56. The molecule has 0 saturated heterocycles. The summed E-state index contributed by atoms with van der Waals surface area (Å²) in [5.74, 6) is -0.590. The second-order valence-electron chi connectivity index (χ2n) is 8.28. The molecule has 2 aromatic heterocycles. The number of carbonyl (C=O) groups excluding carboxylic acids is 3. The molecular formula is C24H28ClN5O5S2. The summed E-state index contributed by atoms with van der Waals surface area (Å²) in [6, 6.07) is 5.51. The van der Waals surface area contributed by atoms with Crippen LogP contribution in [-0.2, 0) is 22.7 Å². The van der Waals surface area contributed by atoms with E-state index in [1.807, 2.05) is 30.5 Å². The van der Waals surface area contributed by atoms with Crippen molar-refractivity contribution in [1.29, 1.82) is 0 Å². The molecule has 3 N–H and O–H groups in total. The van der Waals surface area contributed by atoms with Crippen LogP contribution in [-0.4, -0.2) is 44.4 Å². The maximum absolute atomic E-state index is 12.8. The number of nitrogens with two attached hydrogens (primary N) is 1. The summed E-state index contributed by atoms with van der Waals surface area (Å²) in [5.41, 5.74) is 6.95. The van der Waals surface area contributed by atoms with Crippen LogP contribution in [0.2, 0.25) is 5.02 Å². The SMILES string of the molecule is CCn1c(COc2cc(C)ccc2Cl)nnc1SCC(=O)Nc1sc(C(N)=O)c(C)c1C(=O)OC(C)C. The molecule has 13 heteroatoms. The second-order valence-corrected chi connectivity index (χ2v) is 10.7. The van der Waals surface area contributed by atoms with Gasteiger partial charge in [0.05, 0.1) is 27.3 Å². The first-order valence-corrected chi connectivity index (χ1v) is 13.6. The number of hydrogen-bond acceptors (Lipinski definition) is 9. The van der Waals surface area contributed by atoms with Gasteiger partial charge in [0.15, 0.2) is 11.0 Å². The van der Waals surface area contributed by atoms with Crippen molar-refractivity contribution in [3.63, 3.8) is 0 Å². The van der Waals surface area contributed by atoms with Crippen LogP contribution < -0.4 is 15.8 Å². The van der Waals surface area contributed by atoms with Gasteiger partial charge in [0.1, 0.15) is 17.4 Å². The highest BCUT2D eigenvalue weighted by Crippen LogP contribution is 2.34. The van der Waals surface area contributed by atoms with E-state index in [0.29, 0.717) is 33.9 Å². The Morgan fingerprint density at radius 1 is 1.24 bits per heavy atom. The molecule has 0 radical (unpaired) electrons. The van der Waals surface area contributed by atoms with Gasteiger partial charge in [0.25, 0.3) is 5.91 Å². The van der Waals surface area contributed by atoms with Gasteiger partial charge in [0, 0.05) is 6.54 Å². The number of primary amides is 1. The number of nitrogens with one attached hydrogen (secondary N) is 1. The number of rotatable bonds is 11. The van der Waals surface area contributed by atoms with E-state index >= 15 is 0 Å². The summed E-state index contributed by atoms with van der Waals surface area (Å²) in [6.07, 6.45) is -0.372. The van der Waals surface area contributed by atoms with E-state index in [4.69, 9.17) is 26.8 Å². The molecule has 0 spiro atoms. The minimum Gasteiger partial charge on any atom is -0.484 e. The van der Waals surface area contributed by atoms with E-state index in [0.717, 1.165) is 16.9 Å². The van der Waals surface area contributed by atoms with Crippen molar-refractivity contribution in [2.75, 3.05) is 11.1 Å². The first-order valence-electron chi connectivity index (χ1n) is 11.4. The number of aryl methyl sites for hydroxylation is 1. The quantitative estimate of drug-likeness (QED) is 0.254. The number of nitrogens with zero attached hydrogens (tertiary/aromatic N) is 3. The van der Waals surface area contributed by atoms with Gasteiger partial charge in [-0.05, 0) is 57.9 Å². The lowest BCUT2D eigenvalue weighted by molar-refractivity contribution is -0.113. The third-order valence-electron chi connectivity index (χ3n) is 5.06. The number of thioether (sulfide) groups is 1. The van der Waals surface area contributed by atoms with Crippen molar-refractivity contribution in [3.8, 4) is 5.75 Å². The van der Waals surface area contributed by atoms with E-state index in [-0.39, 0.29) is 33.9 Å². The molecule has 0 fully saturated rings. The molecule has 0 aliphatic carbocycles. The van der Waals surface area contributed by atoms with Crippen LogP contribution in [0.3, 0.4) is 0 Å². The van der Waals surface area contributed by atoms with Crippen LogP contribution in [0.1, 0.15) is 57.8 Å². The summed E-state index contributed by atoms with van der Waals surface area (Å²) in [7, 11) is 0. The van der Waals surface area contributed by atoms with Crippen LogP contribution in [0.25, 0.3) is 0 Å². The summed E-state index contributed by atoms with van der Waals surface area (Å²) < 4.78 is 13.0. The third kappa shape index (κ3) is 7.02. The zero-order valence-corrected chi connectivity index (χ0v) is 23.5. The van der Waals surface area contributed by atoms with Crippen molar-refractivity contribution in [2.45, 2.75) is 59.0 Å². The first-order chi connectivity index (χ1) is 17.5. The van der Waals surface area contributed by atoms with Crippen LogP contribution in [0.5, 0.6) is 5.75 Å². The topological polar surface area (TPSA) is 138 Å². The van der Waals surface area contributed by atoms with Crippen molar-refractivity contribution < 1.29 is 23.9 Å². The van der Waals surface area contributed by atoms with E-state index in [2.05, 4.69) is 15.5 Å². The normalized spacial score (nSPS) is 11.0. The fraction of sp³-hybridized carbons (Fsp3) is 0.375. The number of amides is 2. The number of halogens is 1. The number of hydrogen-bond donors (Lipinski definition) is 2. The molecule has 0 saturated carbocycles. The molecule has 1 aromatic carbocycles. The highest BCUT2D eigenvalue weighted by Gasteiger charge is 2.26. The Hall–Kier alpha value is -3.09. The molecule has 0 aliphatic rings. The lowest BCUT2D eigenvalue weighted by Gasteiger charge is -2.11. The predicted octanol–water partition coefficient (Wildman–Crippen LogP) is 4.60. The van der Waals surface area contributed by atoms with Gasteiger partial charge in [-0.15, -0.1) is 21.5 Å². The molecular weight excluding hydrogens is 538 g/mol. The molecule has 10 nitrogen and oxygen atoms in total. The smallest absolute Gasteiger partial charge is 0.341 e. The molecule has 0 bridgehead atoms. The lowest BCUT2D eigenvalue weighted by Crippen LogP contribution is -2.18. The Morgan fingerprint density at radius 2 is 1.97 bits per heavy atom. The standard InChI is InChI=1S/C24H28ClN5O5S2/c1-6-30-17(10-34-16-9-13(4)7-8-15(16)25)28-29-24(30)36-11-18(31)27-22-19(23(33)35-12(2)3)14(5)20(37-22)21(26)32/h7-9,12H,6,10-11H2,1-5H3,(H2,26,32)(H,27,31). The number of anilines is 1. The summed E-state index contributed by atoms with van der Waals surface area (Å²) in [5, 5.41) is 12.3. The largest absolute Gasteiger partial charge is 0.484 e. The van der Waals surface area contributed by atoms with Gasteiger partial charge in [-0.2, -0.15) is 0 Å². The number of thiophene rings is 1. The van der Waals surface area contributed by atoms with E-state index in [1.165, 1.54) is 11.8 Å². The fourth-order valence-corrected chi connectivity index (χ4v) is 5.42. The van der Waals surface area contributed by atoms with E-state index < -0.39 is 17.8 Å². The van der Waals surface area contributed by atoms with Gasteiger partial charge >= 0.3 is 5.97 Å². The monoisotopic (exact) mass is 565 g/mol. The molecule has 3 aromatic rings. The van der Waals surface area contributed by atoms with Gasteiger partial charge in [-0.25, -0.2) is 4.79 Å². The minimum atomic E-state index is -0.686. The predicted molar refractivity (Wildman–Crippen MR) is 144 cm³/mol. The van der Waals surface area contributed by atoms with Crippen molar-refractivity contribution in [3.05, 3.63) is 50.6 Å². The second kappa shape index (κ2) is 12.4. The maximum atomic E-state index is 12.8. The average molecular weight is 566 g/mol. The van der Waals surface area contributed by atoms with E-state index in [9.17, 15) is 14.4 Å². The van der Waals surface area contributed by atoms with Crippen molar-refractivity contribution in [1.82, 2.24) is 14.8 Å². The molecule has 2 amide bonds. The molecule has 37 heavy (non-hydrogen) atoms. The summed E-state index contributed by atoms with van der Waals surface area (Å²) >= 11 is 8.33. The Labute approximate surface area is 227 Å². The summed E-state index contributed by atoms with van der Waals surface area (Å²) in [4.78, 5) is 37.4. The van der Waals surface area contributed by atoms with Crippen LogP contribution in [0.4, 0.5) is 5.00 Å². The average Bonchev–Trinajstić information content (AvgIpc) is 3.37. The number of ether oxygens (including phenoxy) is 2. The van der Waals surface area contributed by atoms with Crippen LogP contribution in [0.15, 0.2) is 23.4 Å². The first kappa shape index (κ1) is 28.5. The van der Waals surface area contributed by atoms with Gasteiger partial charge in [0.2, 0.25) is 5.91 Å². The number of esters is 1. The van der Waals surface area contributed by atoms with Crippen LogP contribution in [0, 0.1) is 13.8 Å². The van der Waals surface area contributed by atoms with Crippen molar-refractivity contribution >= 4 is 57.5 Å². The highest BCUT2D eigenvalue weighted by atomic mass is 35.5. The van der Waals surface area contributed by atoms with Gasteiger partial charge in [-0.1, -0.05) is 29.4 Å². The van der Waals surface area contributed by atoms with Crippen LogP contribution >= 0.6 is 34.7 Å². The highest BCUT2D eigenvalue weighted by molar-refractivity contribution is 7.99. The molecule has 198 valence electrons. The zero-order chi connectivity index (χ0) is 27.3. The molecule has 0 atom stereocenters. The molecule has 2 heterocycles. The molecule has 3 rings (SSSR count). The van der Waals surface area contributed by atoms with Gasteiger partial charge in [-0.3, -0.25) is 9.59 Å². The lowest BCUT2D eigenvalue weighted by atomic mass is 10.1. The number of carbonyl (C=O) groups is 3. The Kier molecular flexibility index (Phi) is 9.57. The fourth-order valence-electron chi connectivity index (χ4n) is 3.36. The van der Waals surface area contributed by atoms with Gasteiger partial charge < -0.3 is 25.1 Å². The Bertz CT molecular complexity index is 1320. The van der Waals surface area contributed by atoms with Crippen molar-refractivity contribution in [2.24, 2.45) is 5.73 Å².